The average Bonchev–Trinajstić information content (AvgIpc) is 3.15. The van der Waals surface area contributed by atoms with Crippen molar-refractivity contribution in [3.05, 3.63) is 59.0 Å². The fourth-order valence-corrected chi connectivity index (χ4v) is 5.05. The van der Waals surface area contributed by atoms with E-state index in [0.717, 1.165) is 55.7 Å². The van der Waals surface area contributed by atoms with Crippen LogP contribution in [0.4, 0.5) is 10.1 Å². The standard InChI is InChI=1S/C25H28FN3O2/c1-25(2)15-23(30)27-21-6-3-16(13-20(21)25)7-10-29-11-8-17(9-12-29)24-19-5-4-18(26)14-22(19)31-28-24/h3-6,13-14,17H,7-12,15H2,1-2H3,(H,27,30). The van der Waals surface area contributed by atoms with Gasteiger partial charge in [-0.25, -0.2) is 4.39 Å². The average molecular weight is 422 g/mol. The normalized spacial score (nSPS) is 19.4. The van der Waals surface area contributed by atoms with E-state index >= 15 is 0 Å². The number of nitrogens with zero attached hydrogens (tertiary/aromatic N) is 2. The van der Waals surface area contributed by atoms with Gasteiger partial charge in [-0.15, -0.1) is 0 Å². The first-order valence-electron chi connectivity index (χ1n) is 11.1. The quantitative estimate of drug-likeness (QED) is 0.643. The van der Waals surface area contributed by atoms with Crippen molar-refractivity contribution in [1.82, 2.24) is 10.1 Å². The third-order valence-corrected chi connectivity index (χ3v) is 6.84. The molecule has 1 fully saturated rings. The molecule has 0 unspecified atom stereocenters. The van der Waals surface area contributed by atoms with Crippen molar-refractivity contribution >= 4 is 22.6 Å². The van der Waals surface area contributed by atoms with E-state index in [1.165, 1.54) is 23.3 Å². The maximum absolute atomic E-state index is 13.4. The number of hydrogen-bond acceptors (Lipinski definition) is 4. The summed E-state index contributed by atoms with van der Waals surface area (Å²) in [5.74, 6) is 0.159. The summed E-state index contributed by atoms with van der Waals surface area (Å²) < 4.78 is 18.8. The van der Waals surface area contributed by atoms with Gasteiger partial charge in [0.15, 0.2) is 5.58 Å². The largest absolute Gasteiger partial charge is 0.356 e. The van der Waals surface area contributed by atoms with Crippen molar-refractivity contribution in [2.75, 3.05) is 25.0 Å². The number of carbonyl (C=O) groups excluding carboxylic acids is 1. The molecule has 0 saturated carbocycles. The minimum absolute atomic E-state index is 0.0955. The number of likely N-dealkylation sites (tertiary alicyclic amines) is 1. The van der Waals surface area contributed by atoms with Crippen molar-refractivity contribution in [2.45, 2.75) is 50.9 Å². The Labute approximate surface area is 181 Å². The van der Waals surface area contributed by atoms with Crippen LogP contribution in [0.25, 0.3) is 11.0 Å². The molecule has 0 bridgehead atoms. The van der Waals surface area contributed by atoms with Crippen LogP contribution in [-0.2, 0) is 16.6 Å². The molecule has 3 heterocycles. The van der Waals surface area contributed by atoms with Gasteiger partial charge in [0.2, 0.25) is 5.91 Å². The van der Waals surface area contributed by atoms with Gasteiger partial charge >= 0.3 is 0 Å². The second-order valence-corrected chi connectivity index (χ2v) is 9.56. The Morgan fingerprint density at radius 3 is 2.81 bits per heavy atom. The molecule has 0 spiro atoms. The number of aromatic nitrogens is 1. The lowest BCUT2D eigenvalue weighted by molar-refractivity contribution is -0.117. The molecule has 1 amide bonds. The van der Waals surface area contributed by atoms with Gasteiger partial charge in [0.05, 0.1) is 5.69 Å². The van der Waals surface area contributed by atoms with E-state index in [2.05, 4.69) is 41.4 Å². The molecular weight excluding hydrogens is 393 g/mol. The van der Waals surface area contributed by atoms with Gasteiger partial charge in [0.25, 0.3) is 0 Å². The molecule has 31 heavy (non-hydrogen) atoms. The highest BCUT2D eigenvalue weighted by Crippen LogP contribution is 2.38. The number of piperidine rings is 1. The number of nitrogens with one attached hydrogen (secondary N) is 1. The lowest BCUT2D eigenvalue weighted by Crippen LogP contribution is -2.35. The summed E-state index contributed by atoms with van der Waals surface area (Å²) in [6.07, 6.45) is 3.58. The summed E-state index contributed by atoms with van der Waals surface area (Å²) in [6, 6.07) is 11.1. The number of hydrogen-bond donors (Lipinski definition) is 1. The Morgan fingerprint density at radius 1 is 1.19 bits per heavy atom. The van der Waals surface area contributed by atoms with Gasteiger partial charge in [-0.05, 0) is 61.7 Å². The van der Waals surface area contributed by atoms with E-state index in [1.807, 2.05) is 6.07 Å². The summed E-state index contributed by atoms with van der Waals surface area (Å²) >= 11 is 0. The van der Waals surface area contributed by atoms with E-state index in [9.17, 15) is 9.18 Å². The molecule has 1 N–H and O–H groups in total. The van der Waals surface area contributed by atoms with Gasteiger partial charge in [-0.2, -0.15) is 0 Å². The summed E-state index contributed by atoms with van der Waals surface area (Å²) in [5.41, 5.74) is 4.87. The van der Waals surface area contributed by atoms with Crippen molar-refractivity contribution in [1.29, 1.82) is 0 Å². The smallest absolute Gasteiger partial charge is 0.225 e. The molecule has 5 nitrogen and oxygen atoms in total. The summed E-state index contributed by atoms with van der Waals surface area (Å²) in [6.45, 7) is 7.34. The van der Waals surface area contributed by atoms with E-state index in [1.54, 1.807) is 6.07 Å². The minimum Gasteiger partial charge on any atom is -0.356 e. The van der Waals surface area contributed by atoms with Crippen LogP contribution in [0.1, 0.15) is 55.8 Å². The molecule has 1 saturated heterocycles. The predicted octanol–water partition coefficient (Wildman–Crippen LogP) is 5.01. The van der Waals surface area contributed by atoms with Gasteiger partial charge in [0.1, 0.15) is 5.82 Å². The third-order valence-electron chi connectivity index (χ3n) is 6.84. The number of halogens is 1. The molecule has 0 atom stereocenters. The highest BCUT2D eigenvalue weighted by molar-refractivity contribution is 5.95. The maximum atomic E-state index is 13.4. The first kappa shape index (κ1) is 20.2. The molecule has 162 valence electrons. The molecule has 2 aromatic carbocycles. The van der Waals surface area contributed by atoms with Crippen LogP contribution in [0.15, 0.2) is 40.9 Å². The van der Waals surface area contributed by atoms with Crippen LogP contribution in [0, 0.1) is 5.82 Å². The highest BCUT2D eigenvalue weighted by atomic mass is 19.1. The lowest BCUT2D eigenvalue weighted by Gasteiger charge is -2.33. The fourth-order valence-electron chi connectivity index (χ4n) is 5.05. The molecule has 3 aromatic rings. The molecule has 5 rings (SSSR count). The summed E-state index contributed by atoms with van der Waals surface area (Å²) in [7, 11) is 0. The number of amides is 1. The van der Waals surface area contributed by atoms with Crippen LogP contribution in [0.5, 0.6) is 0 Å². The maximum Gasteiger partial charge on any atom is 0.225 e. The Balaban J connectivity index is 1.20. The molecule has 2 aliphatic heterocycles. The summed E-state index contributed by atoms with van der Waals surface area (Å²) in [5, 5.41) is 8.18. The zero-order valence-corrected chi connectivity index (χ0v) is 18.1. The van der Waals surface area contributed by atoms with E-state index < -0.39 is 0 Å². The molecule has 0 radical (unpaired) electrons. The highest BCUT2D eigenvalue weighted by Gasteiger charge is 2.32. The van der Waals surface area contributed by atoms with E-state index in [0.29, 0.717) is 17.9 Å². The van der Waals surface area contributed by atoms with Crippen LogP contribution in [0.3, 0.4) is 0 Å². The fraction of sp³-hybridized carbons (Fsp3) is 0.440. The zero-order chi connectivity index (χ0) is 21.6. The van der Waals surface area contributed by atoms with Crippen LogP contribution in [0.2, 0.25) is 0 Å². The molecule has 2 aliphatic rings. The van der Waals surface area contributed by atoms with Gasteiger partial charge < -0.3 is 14.7 Å². The van der Waals surface area contributed by atoms with Crippen LogP contribution < -0.4 is 5.32 Å². The Bertz CT molecular complexity index is 1130. The first-order valence-corrected chi connectivity index (χ1v) is 11.1. The first-order chi connectivity index (χ1) is 14.9. The minimum atomic E-state index is -0.294. The number of benzene rings is 2. The van der Waals surface area contributed by atoms with Crippen molar-refractivity contribution < 1.29 is 13.7 Å². The predicted molar refractivity (Wildman–Crippen MR) is 119 cm³/mol. The van der Waals surface area contributed by atoms with Crippen LogP contribution >= 0.6 is 0 Å². The number of fused-ring (bicyclic) bond motifs is 2. The second kappa shape index (κ2) is 7.75. The Morgan fingerprint density at radius 2 is 2.00 bits per heavy atom. The number of carbonyl (C=O) groups is 1. The summed E-state index contributed by atoms with van der Waals surface area (Å²) in [4.78, 5) is 14.4. The molecule has 6 heteroatoms. The van der Waals surface area contributed by atoms with Crippen molar-refractivity contribution in [3.63, 3.8) is 0 Å². The molecular formula is C25H28FN3O2. The Hall–Kier alpha value is -2.73. The SMILES string of the molecule is CC1(C)CC(=O)Nc2ccc(CCN3CCC(c4noc5cc(F)ccc45)CC3)cc21. The molecule has 0 aliphatic carbocycles. The van der Waals surface area contributed by atoms with E-state index in [-0.39, 0.29) is 17.1 Å². The monoisotopic (exact) mass is 421 g/mol. The third kappa shape index (κ3) is 3.97. The zero-order valence-electron chi connectivity index (χ0n) is 18.1. The van der Waals surface area contributed by atoms with Crippen molar-refractivity contribution in [3.8, 4) is 0 Å². The lowest BCUT2D eigenvalue weighted by atomic mass is 9.77. The number of rotatable bonds is 4. The van der Waals surface area contributed by atoms with Gasteiger partial charge in [-0.3, -0.25) is 4.79 Å². The number of anilines is 1. The van der Waals surface area contributed by atoms with Gasteiger partial charge in [-0.1, -0.05) is 31.1 Å². The Kier molecular flexibility index (Phi) is 5.05. The topological polar surface area (TPSA) is 58.4 Å². The van der Waals surface area contributed by atoms with E-state index in [4.69, 9.17) is 4.52 Å². The van der Waals surface area contributed by atoms with Gasteiger partial charge in [0, 0.05) is 41.4 Å². The molecule has 1 aromatic heterocycles. The van der Waals surface area contributed by atoms with Crippen LogP contribution in [-0.4, -0.2) is 35.6 Å². The second-order valence-electron chi connectivity index (χ2n) is 9.56. The van der Waals surface area contributed by atoms with Crippen molar-refractivity contribution in [2.24, 2.45) is 0 Å².